The molecule has 2 aliphatic rings. The Bertz CT molecular complexity index is 1060. The van der Waals surface area contributed by atoms with Gasteiger partial charge in [0, 0.05) is 23.7 Å². The lowest BCUT2D eigenvalue weighted by molar-refractivity contribution is -0.121. The number of fused-ring (bicyclic) bond motifs is 1. The zero-order chi connectivity index (χ0) is 20.6. The Hall–Kier alpha value is -2.99. The molecule has 30 heavy (non-hydrogen) atoms. The molecule has 0 bridgehead atoms. The average molecular weight is 418 g/mol. The minimum absolute atomic E-state index is 0.0228. The molecule has 2 amide bonds. The summed E-state index contributed by atoms with van der Waals surface area (Å²) < 4.78 is 0. The van der Waals surface area contributed by atoms with Crippen molar-refractivity contribution in [3.05, 3.63) is 82.9 Å². The number of anilines is 1. The van der Waals surface area contributed by atoms with E-state index in [0.29, 0.717) is 17.2 Å². The molecule has 1 spiro atoms. The molecule has 1 N–H and O–H groups in total. The third-order valence-corrected chi connectivity index (χ3v) is 7.09. The second-order valence-electron chi connectivity index (χ2n) is 8.03. The Kier molecular flexibility index (Phi) is 4.87. The quantitative estimate of drug-likeness (QED) is 0.661. The molecular weight excluding hydrogens is 394 g/mol. The topological polar surface area (TPSA) is 62.3 Å². The monoisotopic (exact) mass is 417 g/mol. The number of thiazole rings is 1. The van der Waals surface area contributed by atoms with Crippen molar-refractivity contribution in [3.63, 3.8) is 0 Å². The Morgan fingerprint density at radius 2 is 1.83 bits per heavy atom. The van der Waals surface area contributed by atoms with Gasteiger partial charge >= 0.3 is 0 Å². The number of benzene rings is 2. The number of nitrogens with one attached hydrogen (secondary N) is 1. The summed E-state index contributed by atoms with van der Waals surface area (Å²) in [6, 6.07) is 17.6. The Labute approximate surface area is 179 Å². The van der Waals surface area contributed by atoms with Gasteiger partial charge in [0.1, 0.15) is 0 Å². The third kappa shape index (κ3) is 3.12. The number of rotatable bonds is 4. The molecular formula is C24H23N3O2S. The maximum atomic E-state index is 13.7. The van der Waals surface area contributed by atoms with E-state index in [1.165, 1.54) is 11.3 Å². The van der Waals surface area contributed by atoms with E-state index in [9.17, 15) is 9.59 Å². The van der Waals surface area contributed by atoms with Gasteiger partial charge in [0.15, 0.2) is 5.13 Å². The summed E-state index contributed by atoms with van der Waals surface area (Å²) in [6.45, 7) is 0.509. The van der Waals surface area contributed by atoms with Crippen molar-refractivity contribution in [3.8, 4) is 0 Å². The van der Waals surface area contributed by atoms with Crippen molar-refractivity contribution in [1.82, 2.24) is 9.88 Å². The van der Waals surface area contributed by atoms with Crippen LogP contribution in [-0.4, -0.2) is 27.2 Å². The summed E-state index contributed by atoms with van der Waals surface area (Å²) in [6.07, 6.45) is 5.38. The molecule has 5 nitrogen and oxygen atoms in total. The standard InChI is InChI=1S/C24H23N3O2S/c28-21(26-23-25-14-15-30-23)20-18-10-4-5-11-19(18)22(29)27(24(20)12-6-7-13-24)16-17-8-2-1-3-9-17/h1-5,8-11,14-15,20H,6-7,12-13,16H2,(H,25,26,28)/t20-/m0/s1. The van der Waals surface area contributed by atoms with Crippen LogP contribution in [0.25, 0.3) is 0 Å². The predicted molar refractivity (Wildman–Crippen MR) is 117 cm³/mol. The van der Waals surface area contributed by atoms with Crippen LogP contribution in [0.3, 0.4) is 0 Å². The van der Waals surface area contributed by atoms with E-state index in [-0.39, 0.29) is 11.8 Å². The van der Waals surface area contributed by atoms with E-state index in [1.54, 1.807) is 6.20 Å². The van der Waals surface area contributed by atoms with E-state index in [4.69, 9.17) is 0 Å². The van der Waals surface area contributed by atoms with E-state index >= 15 is 0 Å². The maximum absolute atomic E-state index is 13.7. The molecule has 1 aliphatic carbocycles. The SMILES string of the molecule is O=C(Nc1nccs1)[C@@H]1c2ccccc2C(=O)N(Cc2ccccc2)C12CCCC2. The lowest BCUT2D eigenvalue weighted by Crippen LogP contribution is -2.59. The fourth-order valence-corrected chi connectivity index (χ4v) is 5.66. The van der Waals surface area contributed by atoms with Gasteiger partial charge in [0.05, 0.1) is 11.5 Å². The molecule has 2 aromatic carbocycles. The molecule has 6 heteroatoms. The zero-order valence-corrected chi connectivity index (χ0v) is 17.4. The van der Waals surface area contributed by atoms with Crippen LogP contribution in [0.15, 0.2) is 66.2 Å². The zero-order valence-electron chi connectivity index (χ0n) is 16.6. The van der Waals surface area contributed by atoms with E-state index < -0.39 is 11.5 Å². The highest BCUT2D eigenvalue weighted by atomic mass is 32.1. The molecule has 1 aliphatic heterocycles. The molecule has 5 rings (SSSR count). The van der Waals surface area contributed by atoms with Gasteiger partial charge in [-0.15, -0.1) is 11.3 Å². The summed E-state index contributed by atoms with van der Waals surface area (Å²) in [5, 5.41) is 5.46. The first-order valence-electron chi connectivity index (χ1n) is 10.3. The highest BCUT2D eigenvalue weighted by molar-refractivity contribution is 7.13. The van der Waals surface area contributed by atoms with Crippen molar-refractivity contribution in [2.45, 2.75) is 43.7 Å². The Morgan fingerprint density at radius 1 is 1.10 bits per heavy atom. The van der Waals surface area contributed by atoms with Gasteiger partial charge in [0.2, 0.25) is 5.91 Å². The van der Waals surface area contributed by atoms with Gasteiger partial charge in [0.25, 0.3) is 5.91 Å². The number of hydrogen-bond acceptors (Lipinski definition) is 4. The summed E-state index contributed by atoms with van der Waals surface area (Å²) in [5.74, 6) is -0.471. The number of hydrogen-bond donors (Lipinski definition) is 1. The highest BCUT2D eigenvalue weighted by Crippen LogP contribution is 2.51. The first-order valence-corrected chi connectivity index (χ1v) is 11.2. The molecule has 1 atom stereocenters. The van der Waals surface area contributed by atoms with Crippen LogP contribution in [0.2, 0.25) is 0 Å². The fourth-order valence-electron chi connectivity index (χ4n) is 5.13. The molecule has 0 radical (unpaired) electrons. The van der Waals surface area contributed by atoms with Crippen LogP contribution >= 0.6 is 11.3 Å². The van der Waals surface area contributed by atoms with Crippen molar-refractivity contribution >= 4 is 28.3 Å². The third-order valence-electron chi connectivity index (χ3n) is 6.40. The molecule has 1 aromatic heterocycles. The van der Waals surface area contributed by atoms with Crippen molar-refractivity contribution < 1.29 is 9.59 Å². The predicted octanol–water partition coefficient (Wildman–Crippen LogP) is 4.83. The second kappa shape index (κ2) is 7.69. The highest BCUT2D eigenvalue weighted by Gasteiger charge is 2.55. The molecule has 1 fully saturated rings. The fraction of sp³-hybridized carbons (Fsp3) is 0.292. The van der Waals surface area contributed by atoms with Gasteiger partial charge in [-0.2, -0.15) is 0 Å². The molecule has 152 valence electrons. The van der Waals surface area contributed by atoms with Crippen LogP contribution < -0.4 is 5.32 Å². The molecule has 3 aromatic rings. The summed E-state index contributed by atoms with van der Waals surface area (Å²) in [7, 11) is 0. The van der Waals surface area contributed by atoms with Crippen LogP contribution in [0.4, 0.5) is 5.13 Å². The number of amides is 2. The lowest BCUT2D eigenvalue weighted by atomic mass is 9.71. The second-order valence-corrected chi connectivity index (χ2v) is 8.93. The lowest BCUT2D eigenvalue weighted by Gasteiger charge is -2.50. The van der Waals surface area contributed by atoms with Gasteiger partial charge < -0.3 is 10.2 Å². The average Bonchev–Trinajstić information content (AvgIpc) is 3.45. The normalized spacial score (nSPS) is 19.7. The number of carbonyl (C=O) groups excluding carboxylic acids is 2. The van der Waals surface area contributed by atoms with Gasteiger partial charge in [-0.1, -0.05) is 61.4 Å². The van der Waals surface area contributed by atoms with E-state index in [2.05, 4.69) is 10.3 Å². The summed E-state index contributed by atoms with van der Waals surface area (Å²) in [4.78, 5) is 33.5. The van der Waals surface area contributed by atoms with E-state index in [1.807, 2.05) is 64.9 Å². The molecule has 1 saturated carbocycles. The molecule has 0 saturated heterocycles. The Morgan fingerprint density at radius 3 is 2.57 bits per heavy atom. The first-order chi connectivity index (χ1) is 14.7. The summed E-state index contributed by atoms with van der Waals surface area (Å²) >= 11 is 1.41. The largest absolute Gasteiger partial charge is 0.327 e. The number of nitrogens with zero attached hydrogens (tertiary/aromatic N) is 2. The van der Waals surface area contributed by atoms with Crippen molar-refractivity contribution in [1.29, 1.82) is 0 Å². The Balaban J connectivity index is 1.62. The van der Waals surface area contributed by atoms with Crippen molar-refractivity contribution in [2.24, 2.45) is 0 Å². The minimum Gasteiger partial charge on any atom is -0.327 e. The van der Waals surface area contributed by atoms with E-state index in [0.717, 1.165) is 36.8 Å². The van der Waals surface area contributed by atoms with Gasteiger partial charge in [-0.25, -0.2) is 4.98 Å². The molecule has 0 unspecified atom stereocenters. The first kappa shape index (κ1) is 19.0. The molecule has 2 heterocycles. The van der Waals surface area contributed by atoms with Crippen molar-refractivity contribution in [2.75, 3.05) is 5.32 Å². The van der Waals surface area contributed by atoms with Crippen LogP contribution in [0.1, 0.15) is 53.1 Å². The van der Waals surface area contributed by atoms with Crippen LogP contribution in [0.5, 0.6) is 0 Å². The van der Waals surface area contributed by atoms with Crippen LogP contribution in [0, 0.1) is 0 Å². The number of aromatic nitrogens is 1. The van der Waals surface area contributed by atoms with Gasteiger partial charge in [-0.3, -0.25) is 9.59 Å². The maximum Gasteiger partial charge on any atom is 0.254 e. The smallest absolute Gasteiger partial charge is 0.254 e. The number of carbonyl (C=O) groups is 2. The summed E-state index contributed by atoms with van der Waals surface area (Å²) in [5.41, 5.74) is 2.03. The minimum atomic E-state index is -0.511. The van der Waals surface area contributed by atoms with Gasteiger partial charge in [-0.05, 0) is 30.0 Å². The van der Waals surface area contributed by atoms with Crippen LogP contribution in [-0.2, 0) is 11.3 Å².